The maximum absolute atomic E-state index is 12.0. The molecule has 0 spiro atoms. The summed E-state index contributed by atoms with van der Waals surface area (Å²) in [4.78, 5) is 18.7. The number of aromatic amines is 1. The molecule has 0 amide bonds. The first-order chi connectivity index (χ1) is 15.3. The zero-order valence-electron chi connectivity index (χ0n) is 20.9. The third-order valence-corrected chi connectivity index (χ3v) is 11.1. The van der Waals surface area contributed by atoms with Gasteiger partial charge in [0.05, 0.1) is 13.2 Å². The average molecular weight is 502 g/mol. The molecule has 33 heavy (non-hydrogen) atoms. The number of aliphatic imine (C=N–C) groups is 1. The summed E-state index contributed by atoms with van der Waals surface area (Å²) in [6.07, 6.45) is -1.31. The van der Waals surface area contributed by atoms with Crippen molar-refractivity contribution in [3.8, 4) is 0 Å². The summed E-state index contributed by atoms with van der Waals surface area (Å²) in [5.74, 6) is 0.637. The number of nitrogens with one attached hydrogen (secondary N) is 3. The Kier molecular flexibility index (Phi) is 9.42. The van der Waals surface area contributed by atoms with Crippen molar-refractivity contribution in [2.45, 2.75) is 70.4 Å². The first-order valence-corrected chi connectivity index (χ1v) is 14.4. The highest BCUT2D eigenvalue weighted by Crippen LogP contribution is 2.38. The minimum Gasteiger partial charge on any atom is -0.414 e. The van der Waals surface area contributed by atoms with Crippen molar-refractivity contribution in [3.63, 3.8) is 0 Å². The lowest BCUT2D eigenvalue weighted by atomic mass is 10.1. The zero-order valence-corrected chi connectivity index (χ0v) is 22.7. The summed E-state index contributed by atoms with van der Waals surface area (Å²) in [7, 11) is 1.41. The Morgan fingerprint density at radius 2 is 2.09 bits per heavy atom. The van der Waals surface area contributed by atoms with Gasteiger partial charge >= 0.3 is 0 Å². The minimum absolute atomic E-state index is 0.0297. The van der Waals surface area contributed by atoms with Gasteiger partial charge in [0.1, 0.15) is 18.3 Å². The summed E-state index contributed by atoms with van der Waals surface area (Å²) in [5.41, 5.74) is 0.230. The second-order valence-corrected chi connectivity index (χ2v) is 14.9. The Bertz CT molecular complexity index is 942. The van der Waals surface area contributed by atoms with Crippen LogP contribution in [0.2, 0.25) is 18.1 Å². The molecule has 1 saturated heterocycles. The molecule has 1 aromatic heterocycles. The summed E-state index contributed by atoms with van der Waals surface area (Å²) in [6.45, 7) is 13.5. The first-order valence-electron chi connectivity index (χ1n) is 11.1. The van der Waals surface area contributed by atoms with Crippen molar-refractivity contribution in [2.24, 2.45) is 4.99 Å². The van der Waals surface area contributed by atoms with Gasteiger partial charge in [-0.3, -0.25) is 19.3 Å². The van der Waals surface area contributed by atoms with E-state index < -0.39 is 32.9 Å². The lowest BCUT2D eigenvalue weighted by Gasteiger charge is -2.37. The van der Waals surface area contributed by atoms with E-state index in [-0.39, 0.29) is 22.0 Å². The molecule has 0 saturated carbocycles. The molecule has 0 aliphatic carbocycles. The summed E-state index contributed by atoms with van der Waals surface area (Å²) in [6, 6.07) is 0. The smallest absolute Gasteiger partial charge is 0.254 e. The predicted molar refractivity (Wildman–Crippen MR) is 134 cm³/mol. The second-order valence-electron chi connectivity index (χ2n) is 9.69. The monoisotopic (exact) mass is 501 g/mol. The van der Waals surface area contributed by atoms with E-state index in [9.17, 15) is 9.90 Å². The number of hydrogen-bond acceptors (Lipinski definition) is 7. The molecule has 10 nitrogen and oxygen atoms in total. The van der Waals surface area contributed by atoms with Gasteiger partial charge in [-0.1, -0.05) is 20.8 Å². The van der Waals surface area contributed by atoms with Crippen molar-refractivity contribution >= 4 is 26.5 Å². The standard InChI is InChI=1S/C21H39N5O5SSi/c1-13-11-26(20(32)25-17(13)28)18-16(29-10-9-24-19(22-5)23-6)15(27)14(31-18)12-30-33(7,8)21(2,3)4/h11,14-16,18,27H,9-10,12H2,1-8H3,(H2,22,23,24)(H,25,28,32)/t14-,15?,16+,18-/m1/s1. The van der Waals surface area contributed by atoms with Gasteiger partial charge in [0.15, 0.2) is 25.3 Å². The van der Waals surface area contributed by atoms with Gasteiger partial charge < -0.3 is 29.6 Å². The molecule has 4 atom stereocenters. The molecule has 2 heterocycles. The van der Waals surface area contributed by atoms with Crippen LogP contribution in [0.5, 0.6) is 0 Å². The van der Waals surface area contributed by atoms with E-state index >= 15 is 0 Å². The van der Waals surface area contributed by atoms with Gasteiger partial charge in [-0.15, -0.1) is 0 Å². The van der Waals surface area contributed by atoms with Crippen LogP contribution in [0.4, 0.5) is 0 Å². The lowest BCUT2D eigenvalue weighted by Crippen LogP contribution is -2.45. The van der Waals surface area contributed by atoms with E-state index in [0.29, 0.717) is 24.7 Å². The van der Waals surface area contributed by atoms with Crippen LogP contribution in [0.15, 0.2) is 16.0 Å². The van der Waals surface area contributed by atoms with Gasteiger partial charge in [0.2, 0.25) is 0 Å². The number of rotatable bonds is 8. The number of hydrogen-bond donors (Lipinski definition) is 4. The second kappa shape index (κ2) is 11.2. The van der Waals surface area contributed by atoms with E-state index in [1.54, 1.807) is 31.8 Å². The number of aryl methyl sites for hydroxylation is 1. The molecule has 1 aliphatic heterocycles. The van der Waals surface area contributed by atoms with Gasteiger partial charge in [0.25, 0.3) is 5.56 Å². The van der Waals surface area contributed by atoms with E-state index in [0.717, 1.165) is 0 Å². The summed E-state index contributed by atoms with van der Waals surface area (Å²) >= 11 is 5.37. The largest absolute Gasteiger partial charge is 0.414 e. The van der Waals surface area contributed by atoms with E-state index in [1.165, 1.54) is 0 Å². The third-order valence-electron chi connectivity index (χ3n) is 6.31. The van der Waals surface area contributed by atoms with Crippen LogP contribution in [0.1, 0.15) is 32.6 Å². The van der Waals surface area contributed by atoms with Crippen LogP contribution < -0.4 is 16.2 Å². The number of nitrogens with zero attached hydrogens (tertiary/aromatic N) is 2. The number of H-pyrrole nitrogens is 1. The number of aliphatic hydroxyl groups is 1. The SMILES string of the molecule is CN=C(NC)NCCO[C@H]1C(O)[C@@H](CO[Si](C)(C)C(C)(C)C)O[C@H]1n1cc(C)c(=O)[nH]c1=S. The number of ether oxygens (including phenoxy) is 2. The molecule has 0 radical (unpaired) electrons. The highest BCUT2D eigenvalue weighted by molar-refractivity contribution is 7.71. The normalized spacial score (nSPS) is 24.2. The van der Waals surface area contributed by atoms with Crippen LogP contribution in [0, 0.1) is 11.7 Å². The van der Waals surface area contributed by atoms with Gasteiger partial charge in [-0.05, 0) is 37.3 Å². The van der Waals surface area contributed by atoms with Gasteiger partial charge in [-0.25, -0.2) is 0 Å². The van der Waals surface area contributed by atoms with Crippen LogP contribution in [-0.2, 0) is 13.9 Å². The third kappa shape index (κ3) is 6.73. The fourth-order valence-corrected chi connectivity index (χ4v) is 4.45. The molecule has 1 aliphatic rings. The molecule has 12 heteroatoms. The Morgan fingerprint density at radius 3 is 2.67 bits per heavy atom. The summed E-state index contributed by atoms with van der Waals surface area (Å²) < 4.78 is 20.4. The molecule has 1 aromatic rings. The van der Waals surface area contributed by atoms with Crippen LogP contribution in [0.3, 0.4) is 0 Å². The Balaban J connectivity index is 2.22. The fraction of sp³-hybridized carbons (Fsp3) is 0.762. The predicted octanol–water partition coefficient (Wildman–Crippen LogP) is 1.67. The minimum atomic E-state index is -2.04. The summed E-state index contributed by atoms with van der Waals surface area (Å²) in [5, 5.41) is 17.2. The molecular formula is C21H39N5O5SSi. The average Bonchev–Trinajstić information content (AvgIpc) is 3.04. The number of aliphatic hydroxyl groups excluding tert-OH is 1. The Morgan fingerprint density at radius 1 is 1.42 bits per heavy atom. The number of aromatic nitrogens is 2. The first kappa shape index (κ1) is 27.7. The highest BCUT2D eigenvalue weighted by Gasteiger charge is 2.47. The fourth-order valence-electron chi connectivity index (χ4n) is 3.19. The van der Waals surface area contributed by atoms with E-state index in [2.05, 4.69) is 54.5 Å². The molecule has 0 aromatic carbocycles. The topological polar surface area (TPSA) is 122 Å². The van der Waals surface area contributed by atoms with Crippen molar-refractivity contribution in [1.82, 2.24) is 20.2 Å². The Hall–Kier alpha value is -1.57. The molecule has 4 N–H and O–H groups in total. The zero-order chi connectivity index (χ0) is 25.0. The molecule has 1 unspecified atom stereocenters. The van der Waals surface area contributed by atoms with Crippen molar-refractivity contribution < 1.29 is 19.0 Å². The molecular weight excluding hydrogens is 462 g/mol. The molecule has 188 valence electrons. The Labute approximate surface area is 201 Å². The molecule has 1 fully saturated rings. The lowest BCUT2D eigenvalue weighted by molar-refractivity contribution is -0.0717. The van der Waals surface area contributed by atoms with Gasteiger partial charge in [-0.2, -0.15) is 0 Å². The van der Waals surface area contributed by atoms with Crippen molar-refractivity contribution in [1.29, 1.82) is 0 Å². The quantitative estimate of drug-likeness (QED) is 0.140. The van der Waals surface area contributed by atoms with E-state index in [4.69, 9.17) is 26.1 Å². The van der Waals surface area contributed by atoms with Crippen LogP contribution in [-0.4, -0.2) is 81.1 Å². The maximum Gasteiger partial charge on any atom is 0.254 e. The van der Waals surface area contributed by atoms with Crippen molar-refractivity contribution in [2.75, 3.05) is 33.9 Å². The van der Waals surface area contributed by atoms with Crippen LogP contribution in [0.25, 0.3) is 0 Å². The van der Waals surface area contributed by atoms with E-state index in [1.807, 2.05) is 0 Å². The van der Waals surface area contributed by atoms with Crippen molar-refractivity contribution in [3.05, 3.63) is 26.9 Å². The maximum atomic E-state index is 12.0. The number of guanidine groups is 1. The molecule has 0 bridgehead atoms. The highest BCUT2D eigenvalue weighted by atomic mass is 32.1. The van der Waals surface area contributed by atoms with Crippen LogP contribution >= 0.6 is 12.2 Å². The molecule has 2 rings (SSSR count). The van der Waals surface area contributed by atoms with Gasteiger partial charge in [0, 0.05) is 32.4 Å².